The molecule has 0 fully saturated rings. The van der Waals surface area contributed by atoms with E-state index in [-0.39, 0.29) is 5.91 Å². The van der Waals surface area contributed by atoms with Gasteiger partial charge in [-0.25, -0.2) is 9.97 Å². The Kier molecular flexibility index (Phi) is 3.88. The predicted octanol–water partition coefficient (Wildman–Crippen LogP) is 2.15. The van der Waals surface area contributed by atoms with Crippen LogP contribution in [0.5, 0.6) is 0 Å². The highest BCUT2D eigenvalue weighted by Crippen LogP contribution is 2.13. The molecular formula is C12H12N4OS. The second kappa shape index (κ2) is 5.59. The fraction of sp³-hybridized carbons (Fsp3) is 0.167. The maximum Gasteiger partial charge on any atom is 0.259 e. The third-order valence-corrected chi connectivity index (χ3v) is 2.87. The standard InChI is InChI=1S/C12H12N4OS/c1-8-10(7-14-12(15-8)18-2)11(17)16-9-4-3-5-13-6-9/h3-7H,1-2H3,(H,16,17). The average Bonchev–Trinajstić information content (AvgIpc) is 2.39. The third kappa shape index (κ3) is 2.84. The van der Waals surface area contributed by atoms with E-state index in [1.54, 1.807) is 37.6 Å². The first-order valence-corrected chi connectivity index (χ1v) is 6.52. The fourth-order valence-electron chi connectivity index (χ4n) is 1.40. The van der Waals surface area contributed by atoms with Crippen molar-refractivity contribution in [3.8, 4) is 0 Å². The van der Waals surface area contributed by atoms with E-state index in [0.717, 1.165) is 0 Å². The number of nitrogens with one attached hydrogen (secondary N) is 1. The van der Waals surface area contributed by atoms with Crippen molar-refractivity contribution >= 4 is 23.4 Å². The molecule has 6 heteroatoms. The van der Waals surface area contributed by atoms with Gasteiger partial charge in [-0.05, 0) is 25.3 Å². The molecule has 2 aromatic rings. The smallest absolute Gasteiger partial charge is 0.259 e. The van der Waals surface area contributed by atoms with E-state index in [1.165, 1.54) is 11.8 Å². The number of anilines is 1. The third-order valence-electron chi connectivity index (χ3n) is 2.30. The van der Waals surface area contributed by atoms with Crippen LogP contribution in [0.2, 0.25) is 0 Å². The maximum atomic E-state index is 12.0. The fourth-order valence-corrected chi connectivity index (χ4v) is 1.79. The summed E-state index contributed by atoms with van der Waals surface area (Å²) in [6.45, 7) is 1.79. The molecule has 0 saturated carbocycles. The Balaban J connectivity index is 2.19. The minimum atomic E-state index is -0.229. The van der Waals surface area contributed by atoms with Crippen molar-refractivity contribution in [2.45, 2.75) is 12.1 Å². The summed E-state index contributed by atoms with van der Waals surface area (Å²) < 4.78 is 0. The number of aryl methyl sites for hydroxylation is 1. The lowest BCUT2D eigenvalue weighted by Gasteiger charge is -2.06. The van der Waals surface area contributed by atoms with Gasteiger partial charge >= 0.3 is 0 Å². The maximum absolute atomic E-state index is 12.0. The van der Waals surface area contributed by atoms with Crippen LogP contribution >= 0.6 is 11.8 Å². The van der Waals surface area contributed by atoms with E-state index in [9.17, 15) is 4.79 Å². The van der Waals surface area contributed by atoms with E-state index in [2.05, 4.69) is 20.3 Å². The summed E-state index contributed by atoms with van der Waals surface area (Å²) >= 11 is 1.44. The zero-order chi connectivity index (χ0) is 13.0. The van der Waals surface area contributed by atoms with Gasteiger partial charge in [-0.2, -0.15) is 0 Å². The van der Waals surface area contributed by atoms with Gasteiger partial charge < -0.3 is 5.32 Å². The van der Waals surface area contributed by atoms with Gasteiger partial charge in [0.2, 0.25) is 0 Å². The summed E-state index contributed by atoms with van der Waals surface area (Å²) in [5.41, 5.74) is 1.78. The van der Waals surface area contributed by atoms with E-state index < -0.39 is 0 Å². The van der Waals surface area contributed by atoms with Gasteiger partial charge in [0.25, 0.3) is 5.91 Å². The molecule has 0 unspecified atom stereocenters. The Morgan fingerprint density at radius 1 is 1.39 bits per heavy atom. The van der Waals surface area contributed by atoms with Crippen molar-refractivity contribution < 1.29 is 4.79 Å². The molecule has 0 atom stereocenters. The molecule has 2 rings (SSSR count). The topological polar surface area (TPSA) is 67.8 Å². The van der Waals surface area contributed by atoms with Crippen LogP contribution in [0, 0.1) is 6.92 Å². The minimum absolute atomic E-state index is 0.229. The molecule has 0 aliphatic rings. The number of nitrogens with zero attached hydrogens (tertiary/aromatic N) is 3. The van der Waals surface area contributed by atoms with Crippen LogP contribution in [0.4, 0.5) is 5.69 Å². The molecule has 1 N–H and O–H groups in total. The number of pyridine rings is 1. The van der Waals surface area contributed by atoms with Gasteiger partial charge in [0.15, 0.2) is 5.16 Å². The summed E-state index contributed by atoms with van der Waals surface area (Å²) in [6.07, 6.45) is 6.67. The van der Waals surface area contributed by atoms with Crippen LogP contribution in [0.3, 0.4) is 0 Å². The largest absolute Gasteiger partial charge is 0.320 e. The quantitative estimate of drug-likeness (QED) is 0.676. The first-order chi connectivity index (χ1) is 8.70. The number of carbonyl (C=O) groups is 1. The Hall–Kier alpha value is -1.95. The molecule has 0 aliphatic heterocycles. The Morgan fingerprint density at radius 3 is 2.83 bits per heavy atom. The molecule has 1 amide bonds. The van der Waals surface area contributed by atoms with Crippen LogP contribution < -0.4 is 5.32 Å². The number of carbonyl (C=O) groups excluding carboxylic acids is 1. The van der Waals surface area contributed by atoms with Crippen LogP contribution in [0.1, 0.15) is 16.1 Å². The molecule has 0 aliphatic carbocycles. The predicted molar refractivity (Wildman–Crippen MR) is 70.7 cm³/mol. The van der Waals surface area contributed by atoms with Gasteiger partial charge in [-0.3, -0.25) is 9.78 Å². The summed E-state index contributed by atoms with van der Waals surface area (Å²) in [7, 11) is 0. The summed E-state index contributed by atoms with van der Waals surface area (Å²) in [5.74, 6) is -0.229. The zero-order valence-corrected chi connectivity index (χ0v) is 10.9. The van der Waals surface area contributed by atoms with Crippen LogP contribution in [-0.2, 0) is 0 Å². The number of amides is 1. The van der Waals surface area contributed by atoms with Crippen molar-refractivity contribution in [1.29, 1.82) is 0 Å². The van der Waals surface area contributed by atoms with Crippen molar-refractivity contribution in [3.05, 3.63) is 42.0 Å². The number of aromatic nitrogens is 3. The van der Waals surface area contributed by atoms with Gasteiger partial charge in [0, 0.05) is 12.4 Å². The van der Waals surface area contributed by atoms with Crippen molar-refractivity contribution in [3.63, 3.8) is 0 Å². The molecule has 92 valence electrons. The highest BCUT2D eigenvalue weighted by molar-refractivity contribution is 7.98. The second-order valence-corrected chi connectivity index (χ2v) is 4.33. The van der Waals surface area contributed by atoms with E-state index in [1.807, 2.05) is 6.26 Å². The molecule has 0 radical (unpaired) electrons. The van der Waals surface area contributed by atoms with Gasteiger partial charge in [0.05, 0.1) is 23.1 Å². The number of hydrogen-bond acceptors (Lipinski definition) is 5. The highest BCUT2D eigenvalue weighted by Gasteiger charge is 2.11. The summed E-state index contributed by atoms with van der Waals surface area (Å²) in [6, 6.07) is 3.53. The lowest BCUT2D eigenvalue weighted by molar-refractivity contribution is 0.102. The number of thioether (sulfide) groups is 1. The normalized spacial score (nSPS) is 10.1. The lowest BCUT2D eigenvalue weighted by Crippen LogP contribution is -2.15. The van der Waals surface area contributed by atoms with E-state index in [4.69, 9.17) is 0 Å². The van der Waals surface area contributed by atoms with Crippen LogP contribution in [0.15, 0.2) is 35.9 Å². The first-order valence-electron chi connectivity index (χ1n) is 5.29. The van der Waals surface area contributed by atoms with Crippen LogP contribution in [0.25, 0.3) is 0 Å². The zero-order valence-electron chi connectivity index (χ0n) is 10.0. The molecule has 5 nitrogen and oxygen atoms in total. The highest BCUT2D eigenvalue weighted by atomic mass is 32.2. The Bertz CT molecular complexity index is 559. The Morgan fingerprint density at radius 2 is 2.22 bits per heavy atom. The molecule has 0 aromatic carbocycles. The lowest BCUT2D eigenvalue weighted by atomic mass is 10.2. The number of rotatable bonds is 3. The molecule has 0 spiro atoms. The molecule has 0 saturated heterocycles. The van der Waals surface area contributed by atoms with E-state index >= 15 is 0 Å². The van der Waals surface area contributed by atoms with Gasteiger partial charge in [-0.1, -0.05) is 11.8 Å². The number of hydrogen-bond donors (Lipinski definition) is 1. The van der Waals surface area contributed by atoms with Crippen molar-refractivity contribution in [1.82, 2.24) is 15.0 Å². The van der Waals surface area contributed by atoms with Gasteiger partial charge in [-0.15, -0.1) is 0 Å². The first kappa shape index (κ1) is 12.5. The SMILES string of the molecule is CSc1ncc(C(=O)Nc2cccnc2)c(C)n1. The van der Waals surface area contributed by atoms with Gasteiger partial charge in [0.1, 0.15) is 0 Å². The summed E-state index contributed by atoms with van der Waals surface area (Å²) in [4.78, 5) is 24.3. The monoisotopic (exact) mass is 260 g/mol. The van der Waals surface area contributed by atoms with Crippen LogP contribution in [-0.4, -0.2) is 27.1 Å². The molecule has 18 heavy (non-hydrogen) atoms. The van der Waals surface area contributed by atoms with E-state index in [0.29, 0.717) is 22.1 Å². The average molecular weight is 260 g/mol. The van der Waals surface area contributed by atoms with Crippen molar-refractivity contribution in [2.75, 3.05) is 11.6 Å². The molecular weight excluding hydrogens is 248 g/mol. The Labute approximate surface area is 109 Å². The van der Waals surface area contributed by atoms with Crippen molar-refractivity contribution in [2.24, 2.45) is 0 Å². The summed E-state index contributed by atoms with van der Waals surface area (Å²) in [5, 5.41) is 3.41. The molecule has 2 heterocycles. The second-order valence-electron chi connectivity index (χ2n) is 3.55. The molecule has 0 bridgehead atoms. The minimum Gasteiger partial charge on any atom is -0.320 e. The molecule has 2 aromatic heterocycles.